The molecule has 5 rings (SSSR count). The molecule has 1 aliphatic heterocycles. The molecule has 4 aromatic rings. The Morgan fingerprint density at radius 2 is 1.67 bits per heavy atom. The fraction of sp³-hybridized carbons (Fsp3) is 0.192. The first-order valence-electron chi connectivity index (χ1n) is 11.0. The molecule has 2 atom stereocenters. The molecule has 1 aliphatic rings. The van der Waals surface area contributed by atoms with Gasteiger partial charge in [-0.25, -0.2) is 4.98 Å². The Morgan fingerprint density at radius 1 is 0.909 bits per heavy atom. The zero-order valence-electron chi connectivity index (χ0n) is 18.5. The minimum absolute atomic E-state index is 0.119. The molecule has 1 fully saturated rings. The Hall–Kier alpha value is -3.71. The van der Waals surface area contributed by atoms with Gasteiger partial charge in [0.1, 0.15) is 17.6 Å². The molecule has 0 bridgehead atoms. The van der Waals surface area contributed by atoms with E-state index in [1.807, 2.05) is 93.0 Å². The van der Waals surface area contributed by atoms with E-state index in [0.29, 0.717) is 5.11 Å². The van der Waals surface area contributed by atoms with Crippen molar-refractivity contribution < 1.29 is 4.74 Å². The first-order chi connectivity index (χ1) is 16.1. The van der Waals surface area contributed by atoms with Crippen LogP contribution in [-0.4, -0.2) is 25.8 Å². The standard InChI is InChI=1S/C26H25N5OS/c1-18(2)32-20-13-11-19(12-14-20)31-25(24(29-26(31)33)21-8-3-5-15-27-21)22-9-7-17-30(22)23-10-4-6-16-28-23/h3-18,24-25H,1-2H3,(H,29,33)/t24-,25+/m0/s1. The van der Waals surface area contributed by atoms with Crippen LogP contribution in [0.5, 0.6) is 5.75 Å². The Morgan fingerprint density at radius 3 is 2.33 bits per heavy atom. The molecule has 0 spiro atoms. The highest BCUT2D eigenvalue weighted by molar-refractivity contribution is 7.80. The van der Waals surface area contributed by atoms with Crippen molar-refractivity contribution in [3.63, 3.8) is 0 Å². The minimum atomic E-state index is -0.124. The molecule has 0 aliphatic carbocycles. The molecule has 6 nitrogen and oxygen atoms in total. The van der Waals surface area contributed by atoms with Gasteiger partial charge in [-0.3, -0.25) is 4.98 Å². The third-order valence-electron chi connectivity index (χ3n) is 5.56. The smallest absolute Gasteiger partial charge is 0.174 e. The minimum Gasteiger partial charge on any atom is -0.491 e. The molecule has 0 saturated carbocycles. The van der Waals surface area contributed by atoms with Crippen molar-refractivity contribution in [3.05, 3.63) is 103 Å². The monoisotopic (exact) mass is 455 g/mol. The van der Waals surface area contributed by atoms with Crippen LogP contribution in [0.4, 0.5) is 5.69 Å². The van der Waals surface area contributed by atoms with Gasteiger partial charge in [-0.2, -0.15) is 0 Å². The van der Waals surface area contributed by atoms with Crippen LogP contribution < -0.4 is 15.0 Å². The van der Waals surface area contributed by atoms with Crippen molar-refractivity contribution in [2.75, 3.05) is 4.90 Å². The van der Waals surface area contributed by atoms with Gasteiger partial charge in [-0.05, 0) is 86.7 Å². The molecule has 1 N–H and O–H groups in total. The third-order valence-corrected chi connectivity index (χ3v) is 5.88. The maximum Gasteiger partial charge on any atom is 0.174 e. The highest BCUT2D eigenvalue weighted by Crippen LogP contribution is 2.42. The summed E-state index contributed by atoms with van der Waals surface area (Å²) in [6.07, 6.45) is 5.77. The second-order valence-corrected chi connectivity index (χ2v) is 8.53. The Balaban J connectivity index is 1.60. The summed E-state index contributed by atoms with van der Waals surface area (Å²) in [5.74, 6) is 1.69. The van der Waals surface area contributed by atoms with Crippen LogP contribution in [0.3, 0.4) is 0 Å². The Bertz CT molecular complexity index is 1220. The van der Waals surface area contributed by atoms with Crippen LogP contribution in [0.2, 0.25) is 0 Å². The second kappa shape index (κ2) is 9.03. The zero-order valence-corrected chi connectivity index (χ0v) is 19.3. The van der Waals surface area contributed by atoms with Crippen LogP contribution in [0.1, 0.15) is 37.3 Å². The largest absolute Gasteiger partial charge is 0.491 e. The van der Waals surface area contributed by atoms with Crippen molar-refractivity contribution in [1.29, 1.82) is 0 Å². The fourth-order valence-electron chi connectivity index (χ4n) is 4.23. The number of nitrogens with one attached hydrogen (secondary N) is 1. The number of hydrogen-bond donors (Lipinski definition) is 1. The van der Waals surface area contributed by atoms with Crippen molar-refractivity contribution >= 4 is 23.0 Å². The first-order valence-corrected chi connectivity index (χ1v) is 11.4. The lowest BCUT2D eigenvalue weighted by Crippen LogP contribution is -2.30. The molecular weight excluding hydrogens is 430 g/mol. The number of pyridine rings is 2. The van der Waals surface area contributed by atoms with Gasteiger partial charge in [0.05, 0.1) is 17.8 Å². The molecule has 33 heavy (non-hydrogen) atoms. The van der Waals surface area contributed by atoms with E-state index in [-0.39, 0.29) is 18.2 Å². The van der Waals surface area contributed by atoms with Crippen LogP contribution in [-0.2, 0) is 0 Å². The summed E-state index contributed by atoms with van der Waals surface area (Å²) in [6, 6.07) is 23.9. The van der Waals surface area contributed by atoms with Crippen LogP contribution in [0.15, 0.2) is 91.4 Å². The maximum absolute atomic E-state index is 5.84. The maximum atomic E-state index is 5.84. The van der Waals surface area contributed by atoms with E-state index in [9.17, 15) is 0 Å². The summed E-state index contributed by atoms with van der Waals surface area (Å²) in [6.45, 7) is 4.04. The van der Waals surface area contributed by atoms with Crippen molar-refractivity contribution in [2.24, 2.45) is 0 Å². The van der Waals surface area contributed by atoms with E-state index in [4.69, 9.17) is 17.0 Å². The lowest BCUT2D eigenvalue weighted by Gasteiger charge is -2.29. The average molecular weight is 456 g/mol. The van der Waals surface area contributed by atoms with Crippen molar-refractivity contribution in [3.8, 4) is 11.6 Å². The topological polar surface area (TPSA) is 55.2 Å². The van der Waals surface area contributed by atoms with E-state index in [0.717, 1.165) is 28.6 Å². The van der Waals surface area contributed by atoms with E-state index >= 15 is 0 Å². The Kier molecular flexibility index (Phi) is 5.79. The molecule has 0 amide bonds. The van der Waals surface area contributed by atoms with E-state index in [2.05, 4.69) is 30.8 Å². The highest BCUT2D eigenvalue weighted by Gasteiger charge is 2.42. The van der Waals surface area contributed by atoms with Gasteiger partial charge < -0.3 is 19.5 Å². The second-order valence-electron chi connectivity index (χ2n) is 8.15. The molecule has 1 aromatic carbocycles. The first kappa shape index (κ1) is 21.2. The van der Waals surface area contributed by atoms with Crippen LogP contribution in [0.25, 0.3) is 5.82 Å². The molecule has 0 unspecified atom stereocenters. The number of hydrogen-bond acceptors (Lipinski definition) is 4. The summed E-state index contributed by atoms with van der Waals surface area (Å²) < 4.78 is 7.95. The highest BCUT2D eigenvalue weighted by atomic mass is 32.1. The normalized spacial score (nSPS) is 17.9. The predicted molar refractivity (Wildman–Crippen MR) is 134 cm³/mol. The number of ether oxygens (including phenoxy) is 1. The van der Waals surface area contributed by atoms with E-state index in [1.54, 1.807) is 6.20 Å². The van der Waals surface area contributed by atoms with Gasteiger partial charge in [0.25, 0.3) is 0 Å². The van der Waals surface area contributed by atoms with Gasteiger partial charge in [0.15, 0.2) is 5.11 Å². The summed E-state index contributed by atoms with van der Waals surface area (Å²) in [7, 11) is 0. The van der Waals surface area contributed by atoms with Gasteiger partial charge in [0.2, 0.25) is 0 Å². The molecule has 4 heterocycles. The van der Waals surface area contributed by atoms with E-state index in [1.165, 1.54) is 0 Å². The lowest BCUT2D eigenvalue weighted by molar-refractivity contribution is 0.242. The quantitative estimate of drug-likeness (QED) is 0.402. The Labute approximate surface area is 198 Å². The lowest BCUT2D eigenvalue weighted by atomic mass is 10.0. The van der Waals surface area contributed by atoms with Gasteiger partial charge in [-0.1, -0.05) is 12.1 Å². The van der Waals surface area contributed by atoms with Gasteiger partial charge in [0, 0.05) is 30.0 Å². The zero-order chi connectivity index (χ0) is 22.8. The number of rotatable bonds is 6. The number of thiocarbonyl (C=S) groups is 1. The average Bonchev–Trinajstić information content (AvgIpc) is 3.45. The number of nitrogens with zero attached hydrogens (tertiary/aromatic N) is 4. The summed E-state index contributed by atoms with van der Waals surface area (Å²) in [4.78, 5) is 11.4. The predicted octanol–water partition coefficient (Wildman–Crippen LogP) is 5.23. The molecule has 3 aromatic heterocycles. The van der Waals surface area contributed by atoms with Crippen molar-refractivity contribution in [2.45, 2.75) is 32.0 Å². The van der Waals surface area contributed by atoms with Crippen LogP contribution in [0, 0.1) is 0 Å². The molecular formula is C26H25N5OS. The number of aromatic nitrogens is 3. The van der Waals surface area contributed by atoms with Gasteiger partial charge in [-0.15, -0.1) is 0 Å². The van der Waals surface area contributed by atoms with Crippen molar-refractivity contribution in [1.82, 2.24) is 19.9 Å². The summed E-state index contributed by atoms with van der Waals surface area (Å²) in [5, 5.41) is 4.17. The molecule has 0 radical (unpaired) electrons. The summed E-state index contributed by atoms with van der Waals surface area (Å²) in [5.41, 5.74) is 2.99. The van der Waals surface area contributed by atoms with E-state index < -0.39 is 0 Å². The molecule has 7 heteroatoms. The SMILES string of the molecule is CC(C)Oc1ccc(N2C(=S)N[C@@H](c3ccccn3)[C@H]2c2cccn2-c2ccccn2)cc1. The summed E-state index contributed by atoms with van der Waals surface area (Å²) >= 11 is 5.84. The van der Waals surface area contributed by atoms with Gasteiger partial charge >= 0.3 is 0 Å². The fourth-order valence-corrected chi connectivity index (χ4v) is 4.58. The molecule has 1 saturated heterocycles. The van der Waals surface area contributed by atoms with Crippen LogP contribution >= 0.6 is 12.2 Å². The molecule has 166 valence electrons. The number of benzene rings is 1. The third kappa shape index (κ3) is 4.19. The number of anilines is 1.